The number of hydrogen-bond acceptors (Lipinski definition) is 2. The second-order valence-electron chi connectivity index (χ2n) is 5.22. The standard InChI is InChI=1S/C11H22N2/c1-11(2)5-3-6-13(11)7-4-10-8-12-9-10/h10,12H,3-9H2,1-2H3. The third-order valence-electron chi connectivity index (χ3n) is 3.75. The molecule has 2 fully saturated rings. The largest absolute Gasteiger partial charge is 0.316 e. The lowest BCUT2D eigenvalue weighted by molar-refractivity contribution is 0.154. The number of hydrogen-bond donors (Lipinski definition) is 1. The van der Waals surface area contributed by atoms with Gasteiger partial charge in [0.25, 0.3) is 0 Å². The van der Waals surface area contributed by atoms with E-state index >= 15 is 0 Å². The molecule has 0 aromatic heterocycles. The first-order valence-electron chi connectivity index (χ1n) is 5.64. The molecule has 0 aromatic rings. The summed E-state index contributed by atoms with van der Waals surface area (Å²) in [6.07, 6.45) is 4.18. The van der Waals surface area contributed by atoms with Gasteiger partial charge >= 0.3 is 0 Å². The predicted octanol–water partition coefficient (Wildman–Crippen LogP) is 1.47. The fourth-order valence-corrected chi connectivity index (χ4v) is 2.47. The maximum absolute atomic E-state index is 3.34. The molecule has 0 saturated carbocycles. The third-order valence-corrected chi connectivity index (χ3v) is 3.75. The fraction of sp³-hybridized carbons (Fsp3) is 1.00. The normalized spacial score (nSPS) is 29.1. The van der Waals surface area contributed by atoms with Gasteiger partial charge in [-0.15, -0.1) is 0 Å². The van der Waals surface area contributed by atoms with Crippen molar-refractivity contribution in [2.75, 3.05) is 26.2 Å². The Hall–Kier alpha value is -0.0800. The van der Waals surface area contributed by atoms with Gasteiger partial charge in [-0.2, -0.15) is 0 Å². The van der Waals surface area contributed by atoms with Gasteiger partial charge in [0.1, 0.15) is 0 Å². The van der Waals surface area contributed by atoms with Gasteiger partial charge in [-0.25, -0.2) is 0 Å². The Bertz CT molecular complexity index is 173. The van der Waals surface area contributed by atoms with E-state index in [2.05, 4.69) is 24.1 Å². The summed E-state index contributed by atoms with van der Waals surface area (Å²) in [5, 5.41) is 3.34. The summed E-state index contributed by atoms with van der Waals surface area (Å²) in [7, 11) is 0. The number of likely N-dealkylation sites (tertiary alicyclic amines) is 1. The summed E-state index contributed by atoms with van der Waals surface area (Å²) in [6, 6.07) is 0. The molecule has 13 heavy (non-hydrogen) atoms. The molecule has 76 valence electrons. The Kier molecular flexibility index (Phi) is 2.61. The molecule has 1 N–H and O–H groups in total. The van der Waals surface area contributed by atoms with Crippen molar-refractivity contribution < 1.29 is 0 Å². The van der Waals surface area contributed by atoms with Crippen LogP contribution in [0.1, 0.15) is 33.1 Å². The molecule has 0 atom stereocenters. The molecule has 2 aliphatic rings. The van der Waals surface area contributed by atoms with E-state index < -0.39 is 0 Å². The van der Waals surface area contributed by atoms with Crippen LogP contribution in [0.3, 0.4) is 0 Å². The molecular formula is C11H22N2. The number of nitrogens with zero attached hydrogens (tertiary/aromatic N) is 1. The van der Waals surface area contributed by atoms with Gasteiger partial charge in [0, 0.05) is 5.54 Å². The van der Waals surface area contributed by atoms with Crippen molar-refractivity contribution in [3.8, 4) is 0 Å². The van der Waals surface area contributed by atoms with Gasteiger partial charge in [0.05, 0.1) is 0 Å². The summed E-state index contributed by atoms with van der Waals surface area (Å²) < 4.78 is 0. The molecule has 0 radical (unpaired) electrons. The zero-order valence-electron chi connectivity index (χ0n) is 8.97. The number of rotatable bonds is 3. The van der Waals surface area contributed by atoms with E-state index in [9.17, 15) is 0 Å². The lowest BCUT2D eigenvalue weighted by Crippen LogP contribution is -2.45. The zero-order valence-corrected chi connectivity index (χ0v) is 8.97. The quantitative estimate of drug-likeness (QED) is 0.711. The van der Waals surface area contributed by atoms with Crippen molar-refractivity contribution in [3.05, 3.63) is 0 Å². The van der Waals surface area contributed by atoms with Crippen molar-refractivity contribution in [2.24, 2.45) is 5.92 Å². The summed E-state index contributed by atoms with van der Waals surface area (Å²) in [5.74, 6) is 0.969. The van der Waals surface area contributed by atoms with Crippen molar-refractivity contribution in [1.29, 1.82) is 0 Å². The smallest absolute Gasteiger partial charge is 0.0153 e. The SMILES string of the molecule is CC1(C)CCCN1CCC1CNC1. The molecule has 2 heterocycles. The van der Waals surface area contributed by atoms with E-state index in [0.717, 1.165) is 5.92 Å². The first-order valence-corrected chi connectivity index (χ1v) is 5.64. The van der Waals surface area contributed by atoms with Crippen LogP contribution in [0.2, 0.25) is 0 Å². The Morgan fingerprint density at radius 3 is 2.62 bits per heavy atom. The summed E-state index contributed by atoms with van der Waals surface area (Å²) >= 11 is 0. The second kappa shape index (κ2) is 3.58. The predicted molar refractivity (Wildman–Crippen MR) is 55.9 cm³/mol. The van der Waals surface area contributed by atoms with Crippen LogP contribution < -0.4 is 5.32 Å². The highest BCUT2D eigenvalue weighted by Crippen LogP contribution is 2.28. The van der Waals surface area contributed by atoms with Crippen LogP contribution in [0.4, 0.5) is 0 Å². The third kappa shape index (κ3) is 2.05. The molecule has 2 rings (SSSR count). The van der Waals surface area contributed by atoms with Crippen molar-refractivity contribution in [3.63, 3.8) is 0 Å². The minimum Gasteiger partial charge on any atom is -0.316 e. The highest BCUT2D eigenvalue weighted by molar-refractivity contribution is 4.88. The fourth-order valence-electron chi connectivity index (χ4n) is 2.47. The van der Waals surface area contributed by atoms with E-state index in [1.54, 1.807) is 0 Å². The Labute approximate surface area is 81.7 Å². The molecule has 0 aromatic carbocycles. The Morgan fingerprint density at radius 2 is 2.15 bits per heavy atom. The lowest BCUT2D eigenvalue weighted by atomic mass is 9.97. The highest BCUT2D eigenvalue weighted by atomic mass is 15.2. The van der Waals surface area contributed by atoms with Gasteiger partial charge in [0.15, 0.2) is 0 Å². The first kappa shape index (κ1) is 9.47. The maximum atomic E-state index is 3.34. The minimum atomic E-state index is 0.483. The summed E-state index contributed by atoms with van der Waals surface area (Å²) in [6.45, 7) is 9.94. The molecule has 2 saturated heterocycles. The Balaban J connectivity index is 1.73. The van der Waals surface area contributed by atoms with E-state index in [4.69, 9.17) is 0 Å². The van der Waals surface area contributed by atoms with E-state index in [-0.39, 0.29) is 0 Å². The van der Waals surface area contributed by atoms with Crippen LogP contribution in [0, 0.1) is 5.92 Å². The molecular weight excluding hydrogens is 160 g/mol. The van der Waals surface area contributed by atoms with Crippen molar-refractivity contribution >= 4 is 0 Å². The van der Waals surface area contributed by atoms with Crippen molar-refractivity contribution in [2.45, 2.75) is 38.6 Å². The minimum absolute atomic E-state index is 0.483. The highest BCUT2D eigenvalue weighted by Gasteiger charge is 2.32. The van der Waals surface area contributed by atoms with E-state index in [1.807, 2.05) is 0 Å². The lowest BCUT2D eigenvalue weighted by Gasteiger charge is -2.35. The van der Waals surface area contributed by atoms with Gasteiger partial charge in [0.2, 0.25) is 0 Å². The maximum Gasteiger partial charge on any atom is 0.0153 e. The monoisotopic (exact) mass is 182 g/mol. The molecule has 2 heteroatoms. The van der Waals surface area contributed by atoms with Gasteiger partial charge < -0.3 is 5.32 Å². The molecule has 0 unspecified atom stereocenters. The van der Waals surface area contributed by atoms with Crippen LogP contribution >= 0.6 is 0 Å². The van der Waals surface area contributed by atoms with E-state index in [0.29, 0.717) is 5.54 Å². The van der Waals surface area contributed by atoms with Crippen LogP contribution in [0.15, 0.2) is 0 Å². The molecule has 2 aliphatic heterocycles. The van der Waals surface area contributed by atoms with Gasteiger partial charge in [-0.1, -0.05) is 0 Å². The van der Waals surface area contributed by atoms with Crippen LogP contribution in [-0.2, 0) is 0 Å². The molecule has 0 amide bonds. The molecule has 0 bridgehead atoms. The van der Waals surface area contributed by atoms with Crippen LogP contribution in [-0.4, -0.2) is 36.6 Å². The first-order chi connectivity index (χ1) is 6.18. The average molecular weight is 182 g/mol. The molecule has 2 nitrogen and oxygen atoms in total. The average Bonchev–Trinajstić information content (AvgIpc) is 2.27. The topological polar surface area (TPSA) is 15.3 Å². The van der Waals surface area contributed by atoms with Crippen LogP contribution in [0.5, 0.6) is 0 Å². The summed E-state index contributed by atoms with van der Waals surface area (Å²) in [5.41, 5.74) is 0.483. The van der Waals surface area contributed by atoms with Gasteiger partial charge in [-0.3, -0.25) is 4.90 Å². The van der Waals surface area contributed by atoms with Gasteiger partial charge in [-0.05, 0) is 65.2 Å². The van der Waals surface area contributed by atoms with Crippen LogP contribution in [0.25, 0.3) is 0 Å². The molecule has 0 aliphatic carbocycles. The van der Waals surface area contributed by atoms with Crippen molar-refractivity contribution in [1.82, 2.24) is 10.2 Å². The number of nitrogens with one attached hydrogen (secondary N) is 1. The van der Waals surface area contributed by atoms with E-state index in [1.165, 1.54) is 45.4 Å². The summed E-state index contributed by atoms with van der Waals surface area (Å²) in [4.78, 5) is 2.67. The molecule has 0 spiro atoms. The zero-order chi connectivity index (χ0) is 9.31. The Morgan fingerprint density at radius 1 is 1.38 bits per heavy atom. The second-order valence-corrected chi connectivity index (χ2v) is 5.22.